The third-order valence-corrected chi connectivity index (χ3v) is 9.53. The van der Waals surface area contributed by atoms with E-state index in [0.29, 0.717) is 23.6 Å². The number of benzene rings is 2. The van der Waals surface area contributed by atoms with Crippen molar-refractivity contribution in [2.75, 3.05) is 43.4 Å². The summed E-state index contributed by atoms with van der Waals surface area (Å²) in [5.41, 5.74) is 5.20. The predicted octanol–water partition coefficient (Wildman–Crippen LogP) is 5.33. The zero-order valence-corrected chi connectivity index (χ0v) is 23.2. The lowest BCUT2D eigenvalue weighted by Gasteiger charge is -2.34. The lowest BCUT2D eigenvalue weighted by molar-refractivity contribution is 0.311. The summed E-state index contributed by atoms with van der Waals surface area (Å²) in [7, 11) is -1.18. The van der Waals surface area contributed by atoms with Crippen LogP contribution in [0.25, 0.3) is 0 Å². The van der Waals surface area contributed by atoms with Crippen LogP contribution in [-0.2, 0) is 22.0 Å². The Balaban J connectivity index is 1.48. The second-order valence-electron chi connectivity index (χ2n) is 10.9. The third kappa shape index (κ3) is 6.67. The van der Waals surface area contributed by atoms with E-state index in [1.165, 1.54) is 6.07 Å². The van der Waals surface area contributed by atoms with E-state index >= 15 is 0 Å². The molecule has 0 atom stereocenters. The van der Waals surface area contributed by atoms with Crippen LogP contribution in [0, 0.1) is 12.7 Å². The Morgan fingerprint density at radius 1 is 1.00 bits per heavy atom. The molecule has 1 aliphatic rings. The van der Waals surface area contributed by atoms with Gasteiger partial charge in [0.2, 0.25) is 0 Å². The van der Waals surface area contributed by atoms with Crippen LogP contribution in [0.15, 0.2) is 54.7 Å². The number of aryl methyl sites for hydroxylation is 1. The lowest BCUT2D eigenvalue weighted by Crippen LogP contribution is -2.44. The van der Waals surface area contributed by atoms with Gasteiger partial charge in [-0.2, -0.15) is 0 Å². The summed E-state index contributed by atoms with van der Waals surface area (Å²) in [6, 6.07) is 14.9. The standard InChI is InChI=1S/C29H37FN4O2S/c1-21-19-31-28(32-25-9-10-27(26(30)18-25)34-13-11-33(5)12-14-34)17-24(21)16-22-7-6-8-23(15-22)20-37(35,36)29(2,3)4/h6-10,15,17-19H,11-14,16,20H2,1-5H3,(H,31,32). The molecule has 6 nitrogen and oxygen atoms in total. The normalized spacial score (nSPS) is 15.1. The van der Waals surface area contributed by atoms with Crippen molar-refractivity contribution < 1.29 is 12.8 Å². The number of anilines is 3. The minimum absolute atomic E-state index is 0.0160. The SMILES string of the molecule is Cc1cnc(Nc2ccc(N3CCN(C)CC3)c(F)c2)cc1Cc1cccc(CS(=O)(=O)C(C)(C)C)c1. The number of aromatic nitrogens is 1. The van der Waals surface area contributed by atoms with Crippen molar-refractivity contribution in [3.63, 3.8) is 0 Å². The molecule has 1 aliphatic heterocycles. The number of hydrogen-bond acceptors (Lipinski definition) is 6. The maximum absolute atomic E-state index is 14.9. The Hall–Kier alpha value is -2.97. The van der Waals surface area contributed by atoms with Gasteiger partial charge >= 0.3 is 0 Å². The molecule has 0 aliphatic carbocycles. The number of piperazine rings is 1. The molecule has 0 spiro atoms. The summed E-state index contributed by atoms with van der Waals surface area (Å²) >= 11 is 0. The van der Waals surface area contributed by atoms with Crippen molar-refractivity contribution >= 4 is 27.0 Å². The monoisotopic (exact) mass is 524 g/mol. The van der Waals surface area contributed by atoms with Crippen LogP contribution in [-0.4, -0.2) is 56.3 Å². The molecule has 0 radical (unpaired) electrons. The number of nitrogens with zero attached hydrogens (tertiary/aromatic N) is 3. The molecule has 0 amide bonds. The summed E-state index contributed by atoms with van der Waals surface area (Å²) in [5, 5.41) is 3.24. The van der Waals surface area contributed by atoms with E-state index in [1.54, 1.807) is 27.0 Å². The Bertz CT molecular complexity index is 1360. The average Bonchev–Trinajstić information content (AvgIpc) is 2.81. The maximum Gasteiger partial charge on any atom is 0.159 e. The number of nitrogens with one attached hydrogen (secondary N) is 1. The van der Waals surface area contributed by atoms with E-state index in [2.05, 4.69) is 27.1 Å². The highest BCUT2D eigenvalue weighted by atomic mass is 32.2. The first-order valence-electron chi connectivity index (χ1n) is 12.7. The molecule has 37 heavy (non-hydrogen) atoms. The van der Waals surface area contributed by atoms with Gasteiger partial charge in [0.1, 0.15) is 11.6 Å². The van der Waals surface area contributed by atoms with E-state index in [1.807, 2.05) is 49.4 Å². The molecule has 1 saturated heterocycles. The zero-order chi connectivity index (χ0) is 26.8. The van der Waals surface area contributed by atoms with Gasteiger partial charge in [-0.05, 0) is 87.7 Å². The fraction of sp³-hybridized carbons (Fsp3) is 0.414. The highest BCUT2D eigenvalue weighted by molar-refractivity contribution is 7.91. The molecule has 198 valence electrons. The number of rotatable bonds is 7. The zero-order valence-electron chi connectivity index (χ0n) is 22.4. The molecule has 0 unspecified atom stereocenters. The van der Waals surface area contributed by atoms with Crippen molar-refractivity contribution in [2.45, 2.75) is 44.6 Å². The summed E-state index contributed by atoms with van der Waals surface area (Å²) < 4.78 is 39.5. The lowest BCUT2D eigenvalue weighted by atomic mass is 10.0. The minimum Gasteiger partial charge on any atom is -0.367 e. The van der Waals surface area contributed by atoms with Gasteiger partial charge in [-0.1, -0.05) is 24.3 Å². The molecule has 2 aromatic carbocycles. The number of likely N-dealkylation sites (N-methyl/N-ethyl adjacent to an activating group) is 1. The van der Waals surface area contributed by atoms with E-state index in [0.717, 1.165) is 48.4 Å². The average molecular weight is 525 g/mol. The summed E-state index contributed by atoms with van der Waals surface area (Å²) in [5.74, 6) is 0.407. The molecule has 1 aromatic heterocycles. The van der Waals surface area contributed by atoms with Crippen LogP contribution in [0.3, 0.4) is 0 Å². The van der Waals surface area contributed by atoms with Crippen molar-refractivity contribution in [3.8, 4) is 0 Å². The molecule has 1 N–H and O–H groups in total. The topological polar surface area (TPSA) is 65.5 Å². The van der Waals surface area contributed by atoms with Crippen LogP contribution in [0.4, 0.5) is 21.6 Å². The Labute approximate surface area is 220 Å². The van der Waals surface area contributed by atoms with Crippen molar-refractivity contribution in [2.24, 2.45) is 0 Å². The first-order chi connectivity index (χ1) is 17.4. The first-order valence-corrected chi connectivity index (χ1v) is 14.3. The minimum atomic E-state index is -3.26. The number of hydrogen-bond donors (Lipinski definition) is 1. The highest BCUT2D eigenvalue weighted by Gasteiger charge is 2.29. The van der Waals surface area contributed by atoms with Crippen molar-refractivity contribution in [3.05, 3.63) is 82.8 Å². The fourth-order valence-electron chi connectivity index (χ4n) is 4.35. The largest absolute Gasteiger partial charge is 0.367 e. The summed E-state index contributed by atoms with van der Waals surface area (Å²) in [6.45, 7) is 10.7. The van der Waals surface area contributed by atoms with Gasteiger partial charge in [-0.25, -0.2) is 17.8 Å². The van der Waals surface area contributed by atoms with Crippen LogP contribution < -0.4 is 10.2 Å². The number of halogens is 1. The summed E-state index contributed by atoms with van der Waals surface area (Å²) in [6.07, 6.45) is 2.45. The molecular weight excluding hydrogens is 487 g/mol. The van der Waals surface area contributed by atoms with Crippen LogP contribution in [0.1, 0.15) is 43.0 Å². The van der Waals surface area contributed by atoms with E-state index < -0.39 is 14.6 Å². The Morgan fingerprint density at radius 2 is 1.70 bits per heavy atom. The van der Waals surface area contributed by atoms with Gasteiger partial charge in [0.25, 0.3) is 0 Å². The van der Waals surface area contributed by atoms with Gasteiger partial charge in [0.05, 0.1) is 16.2 Å². The smallest absolute Gasteiger partial charge is 0.159 e. The number of pyridine rings is 1. The van der Waals surface area contributed by atoms with E-state index in [4.69, 9.17) is 0 Å². The van der Waals surface area contributed by atoms with Crippen molar-refractivity contribution in [1.29, 1.82) is 0 Å². The van der Waals surface area contributed by atoms with Gasteiger partial charge in [0, 0.05) is 38.1 Å². The van der Waals surface area contributed by atoms with Crippen LogP contribution >= 0.6 is 0 Å². The van der Waals surface area contributed by atoms with Gasteiger partial charge < -0.3 is 15.1 Å². The molecule has 2 heterocycles. The molecule has 1 fully saturated rings. The molecule has 8 heteroatoms. The van der Waals surface area contributed by atoms with Gasteiger partial charge in [-0.15, -0.1) is 0 Å². The predicted molar refractivity (Wildman–Crippen MR) is 150 cm³/mol. The second-order valence-corrected chi connectivity index (χ2v) is 13.7. The molecule has 4 rings (SSSR count). The van der Waals surface area contributed by atoms with Crippen LogP contribution in [0.2, 0.25) is 0 Å². The fourth-order valence-corrected chi connectivity index (χ4v) is 5.40. The number of sulfone groups is 1. The van der Waals surface area contributed by atoms with Crippen molar-refractivity contribution in [1.82, 2.24) is 9.88 Å². The van der Waals surface area contributed by atoms with Gasteiger partial charge in [-0.3, -0.25) is 0 Å². The quantitative estimate of drug-likeness (QED) is 0.451. The highest BCUT2D eigenvalue weighted by Crippen LogP contribution is 2.27. The Kier molecular flexibility index (Phi) is 7.90. The van der Waals surface area contributed by atoms with E-state index in [9.17, 15) is 12.8 Å². The first kappa shape index (κ1) is 27.1. The molecule has 0 saturated carbocycles. The van der Waals surface area contributed by atoms with Gasteiger partial charge in [0.15, 0.2) is 9.84 Å². The Morgan fingerprint density at radius 3 is 2.38 bits per heavy atom. The molecule has 3 aromatic rings. The maximum atomic E-state index is 14.9. The van der Waals surface area contributed by atoms with Crippen LogP contribution in [0.5, 0.6) is 0 Å². The second kappa shape index (κ2) is 10.8. The molecule has 0 bridgehead atoms. The molecular formula is C29H37FN4O2S. The third-order valence-electron chi connectivity index (χ3n) is 6.95. The van der Waals surface area contributed by atoms with E-state index in [-0.39, 0.29) is 11.6 Å². The summed E-state index contributed by atoms with van der Waals surface area (Å²) in [4.78, 5) is 8.82.